The van der Waals surface area contributed by atoms with Crippen molar-refractivity contribution in [2.24, 2.45) is 17.6 Å². The number of nitrogens with zero attached hydrogens (tertiary/aromatic N) is 7. The molecule has 0 bridgehead atoms. The highest BCUT2D eigenvalue weighted by molar-refractivity contribution is 5.68. The number of rotatable bonds is 7. The molecule has 0 aliphatic heterocycles. The lowest BCUT2D eigenvalue weighted by Gasteiger charge is -2.13. The average molecular weight is 390 g/mol. The first-order valence-corrected chi connectivity index (χ1v) is 10.2. The highest BCUT2D eigenvalue weighted by Gasteiger charge is 2.32. The Bertz CT molecular complexity index is 1130. The van der Waals surface area contributed by atoms with Crippen LogP contribution in [0.4, 0.5) is 0 Å². The minimum atomic E-state index is 0.263. The largest absolute Gasteiger partial charge is 0.328 e. The molecule has 8 nitrogen and oxygen atoms in total. The molecule has 4 aromatic rings. The first-order valence-electron chi connectivity index (χ1n) is 10.2. The van der Waals surface area contributed by atoms with Crippen LogP contribution >= 0.6 is 0 Å². The van der Waals surface area contributed by atoms with Crippen LogP contribution < -0.4 is 5.73 Å². The molecule has 0 amide bonds. The van der Waals surface area contributed by atoms with E-state index in [1.165, 1.54) is 12.8 Å². The zero-order valence-corrected chi connectivity index (χ0v) is 16.8. The summed E-state index contributed by atoms with van der Waals surface area (Å²) in [7, 11) is 0. The lowest BCUT2D eigenvalue weighted by atomic mass is 10.2. The lowest BCUT2D eigenvalue weighted by Crippen LogP contribution is -2.21. The van der Waals surface area contributed by atoms with Gasteiger partial charge in [0.05, 0.1) is 29.7 Å². The van der Waals surface area contributed by atoms with E-state index in [0.29, 0.717) is 18.4 Å². The fraction of sp³-hybridized carbons (Fsp3) is 0.429. The van der Waals surface area contributed by atoms with Gasteiger partial charge in [-0.25, -0.2) is 9.97 Å². The van der Waals surface area contributed by atoms with Gasteiger partial charge in [0.25, 0.3) is 0 Å². The molecule has 1 unspecified atom stereocenters. The van der Waals surface area contributed by atoms with E-state index in [1.807, 2.05) is 44.6 Å². The zero-order valence-electron chi connectivity index (χ0n) is 16.8. The lowest BCUT2D eigenvalue weighted by molar-refractivity contribution is 0.414. The zero-order chi connectivity index (χ0) is 20.0. The van der Waals surface area contributed by atoms with Crippen LogP contribution in [-0.2, 0) is 6.54 Å². The fourth-order valence-corrected chi connectivity index (χ4v) is 3.88. The Morgan fingerprint density at radius 2 is 1.97 bits per heavy atom. The topological polar surface area (TPSA) is 91.9 Å². The van der Waals surface area contributed by atoms with Crippen molar-refractivity contribution < 1.29 is 0 Å². The summed E-state index contributed by atoms with van der Waals surface area (Å²) in [5.74, 6) is 2.00. The van der Waals surface area contributed by atoms with Crippen molar-refractivity contribution in [2.45, 2.75) is 39.3 Å². The second kappa shape index (κ2) is 7.11. The van der Waals surface area contributed by atoms with Gasteiger partial charge in [-0.2, -0.15) is 10.2 Å². The van der Waals surface area contributed by atoms with Gasteiger partial charge in [0, 0.05) is 49.5 Å². The number of imidazole rings is 1. The molecule has 29 heavy (non-hydrogen) atoms. The van der Waals surface area contributed by atoms with E-state index < -0.39 is 0 Å². The maximum Gasteiger partial charge on any atom is 0.149 e. The third kappa shape index (κ3) is 3.44. The van der Waals surface area contributed by atoms with Crippen LogP contribution in [0, 0.1) is 11.8 Å². The van der Waals surface area contributed by atoms with Gasteiger partial charge in [-0.05, 0) is 24.7 Å². The molecule has 5 rings (SSSR count). The normalized spacial score (nSPS) is 15.4. The predicted molar refractivity (Wildman–Crippen MR) is 111 cm³/mol. The van der Waals surface area contributed by atoms with E-state index in [-0.39, 0.29) is 6.04 Å². The van der Waals surface area contributed by atoms with E-state index in [0.717, 1.165) is 34.8 Å². The fourth-order valence-electron chi connectivity index (χ4n) is 3.88. The van der Waals surface area contributed by atoms with E-state index >= 15 is 0 Å². The van der Waals surface area contributed by atoms with Crippen molar-refractivity contribution in [3.63, 3.8) is 0 Å². The summed E-state index contributed by atoms with van der Waals surface area (Å²) in [6.07, 6.45) is 14.0. The number of fused-ring (bicyclic) bond motifs is 1. The summed E-state index contributed by atoms with van der Waals surface area (Å²) in [6.45, 7) is 5.85. The molecule has 1 fully saturated rings. The van der Waals surface area contributed by atoms with Crippen LogP contribution in [0.15, 0.2) is 43.2 Å². The van der Waals surface area contributed by atoms with Crippen molar-refractivity contribution in [3.05, 3.63) is 43.2 Å². The number of hydrogen-bond donors (Lipinski definition) is 1. The molecule has 150 valence electrons. The van der Waals surface area contributed by atoms with E-state index in [1.54, 1.807) is 6.20 Å². The molecular formula is C21H26N8. The molecule has 2 N–H and O–H groups in total. The molecule has 0 radical (unpaired) electrons. The highest BCUT2D eigenvalue weighted by atomic mass is 15.3. The quantitative estimate of drug-likeness (QED) is 0.524. The smallest absolute Gasteiger partial charge is 0.149 e. The van der Waals surface area contributed by atoms with Crippen LogP contribution in [0.1, 0.15) is 32.7 Å². The Labute approximate surface area is 169 Å². The van der Waals surface area contributed by atoms with E-state index in [4.69, 9.17) is 10.7 Å². The molecule has 0 spiro atoms. The second-order valence-electron chi connectivity index (χ2n) is 8.31. The molecule has 4 heterocycles. The maximum absolute atomic E-state index is 6.00. The van der Waals surface area contributed by atoms with Crippen molar-refractivity contribution in [1.29, 1.82) is 0 Å². The molecule has 1 saturated carbocycles. The summed E-state index contributed by atoms with van der Waals surface area (Å²) < 4.78 is 5.97. The van der Waals surface area contributed by atoms with Crippen molar-refractivity contribution in [3.8, 4) is 22.6 Å². The summed E-state index contributed by atoms with van der Waals surface area (Å²) >= 11 is 0. The number of aromatic nitrogens is 7. The average Bonchev–Trinajstić information content (AvgIpc) is 3.11. The molecule has 0 saturated heterocycles. The summed E-state index contributed by atoms with van der Waals surface area (Å²) in [4.78, 5) is 9.44. The maximum atomic E-state index is 6.00. The van der Waals surface area contributed by atoms with Crippen LogP contribution in [0.25, 0.3) is 28.3 Å². The Kier molecular flexibility index (Phi) is 4.43. The number of hydrogen-bond acceptors (Lipinski definition) is 5. The minimum Gasteiger partial charge on any atom is -0.328 e. The summed E-state index contributed by atoms with van der Waals surface area (Å²) in [6, 6.07) is 2.26. The second-order valence-corrected chi connectivity index (χ2v) is 8.31. The van der Waals surface area contributed by atoms with Crippen molar-refractivity contribution >= 4 is 5.65 Å². The number of nitrogens with two attached hydrogens (primary N) is 1. The Hall–Kier alpha value is -3.00. The van der Waals surface area contributed by atoms with Crippen LogP contribution in [0.5, 0.6) is 0 Å². The monoisotopic (exact) mass is 390 g/mol. The molecule has 1 aliphatic carbocycles. The van der Waals surface area contributed by atoms with Gasteiger partial charge < -0.3 is 5.73 Å². The molecule has 8 heteroatoms. The Balaban J connectivity index is 1.55. The van der Waals surface area contributed by atoms with Crippen LogP contribution in [0.3, 0.4) is 0 Å². The van der Waals surface area contributed by atoms with Crippen molar-refractivity contribution in [2.75, 3.05) is 6.54 Å². The van der Waals surface area contributed by atoms with Gasteiger partial charge in [0.15, 0.2) is 0 Å². The third-order valence-electron chi connectivity index (χ3n) is 5.48. The first-order chi connectivity index (χ1) is 14.1. The summed E-state index contributed by atoms with van der Waals surface area (Å²) in [5, 5.41) is 9.09. The van der Waals surface area contributed by atoms with Gasteiger partial charge in [-0.1, -0.05) is 13.8 Å². The predicted octanol–water partition coefficient (Wildman–Crippen LogP) is 3.02. The van der Waals surface area contributed by atoms with Gasteiger partial charge in [0.1, 0.15) is 11.5 Å². The molecule has 0 aromatic carbocycles. The molecule has 1 aliphatic rings. The van der Waals surface area contributed by atoms with Gasteiger partial charge in [-0.15, -0.1) is 0 Å². The van der Waals surface area contributed by atoms with Crippen LogP contribution in [-0.4, -0.2) is 40.5 Å². The SMILES string of the molecule is CC(C)Cn1cc(-c2cc3nccn3c(-c3cnn(C(CN)C4CC4)c3)n2)cn1. The Morgan fingerprint density at radius 1 is 1.14 bits per heavy atom. The molecule has 4 aromatic heterocycles. The highest BCUT2D eigenvalue weighted by Crippen LogP contribution is 2.39. The first kappa shape index (κ1) is 18.1. The summed E-state index contributed by atoms with van der Waals surface area (Å²) in [5.41, 5.74) is 9.67. The standard InChI is InChI=1S/C21H26N8/c1-14(2)11-27-12-16(9-24-27)18-7-20-23-5-6-28(20)21(26-18)17-10-25-29(13-17)19(8-22)15-3-4-15/h5-7,9-10,12-15,19H,3-4,8,11,22H2,1-2H3. The Morgan fingerprint density at radius 3 is 2.72 bits per heavy atom. The van der Waals surface area contributed by atoms with E-state index in [9.17, 15) is 0 Å². The van der Waals surface area contributed by atoms with Gasteiger partial charge >= 0.3 is 0 Å². The third-order valence-corrected chi connectivity index (χ3v) is 5.48. The molecule has 1 atom stereocenters. The molecular weight excluding hydrogens is 364 g/mol. The van der Waals surface area contributed by atoms with E-state index in [2.05, 4.69) is 35.2 Å². The minimum absolute atomic E-state index is 0.263. The van der Waals surface area contributed by atoms with Crippen molar-refractivity contribution in [1.82, 2.24) is 33.9 Å². The van der Waals surface area contributed by atoms with Crippen LogP contribution in [0.2, 0.25) is 0 Å². The van der Waals surface area contributed by atoms with Gasteiger partial charge in [-0.3, -0.25) is 13.8 Å². The van der Waals surface area contributed by atoms with Gasteiger partial charge in [0.2, 0.25) is 0 Å².